The summed E-state index contributed by atoms with van der Waals surface area (Å²) in [5.74, 6) is -0.0897. The molecule has 1 heterocycles. The maximum absolute atomic E-state index is 13.7. The highest BCUT2D eigenvalue weighted by atomic mass is 19.4. The van der Waals surface area contributed by atoms with Crippen LogP contribution in [0.1, 0.15) is 27.8 Å². The number of carbonyl (C=O) groups excluding carboxylic acids is 1. The highest BCUT2D eigenvalue weighted by molar-refractivity contribution is 6.34. The maximum Gasteiger partial charge on any atom is 0.435 e. The van der Waals surface area contributed by atoms with Gasteiger partial charge in [0.05, 0.1) is 18.4 Å². The molecule has 0 fully saturated rings. The minimum absolute atomic E-state index is 0.246. The van der Waals surface area contributed by atoms with Crippen molar-refractivity contribution in [1.82, 2.24) is 0 Å². The smallest absolute Gasteiger partial charge is 0.435 e. The predicted molar refractivity (Wildman–Crippen MR) is 133 cm³/mol. The topological polar surface area (TPSA) is 51.1 Å². The summed E-state index contributed by atoms with van der Waals surface area (Å²) >= 11 is 0. The zero-order valence-corrected chi connectivity index (χ0v) is 20.3. The molecule has 36 heavy (non-hydrogen) atoms. The summed E-state index contributed by atoms with van der Waals surface area (Å²) in [6, 6.07) is 16.9. The van der Waals surface area contributed by atoms with E-state index in [1.807, 2.05) is 20.8 Å². The molecule has 3 aromatic rings. The maximum atomic E-state index is 13.7. The Morgan fingerprint density at radius 2 is 1.61 bits per heavy atom. The Kier molecular flexibility index (Phi) is 6.88. The predicted octanol–water partition coefficient (Wildman–Crippen LogP) is 6.55. The molecule has 0 N–H and O–H groups in total. The van der Waals surface area contributed by atoms with Crippen LogP contribution in [0.5, 0.6) is 11.5 Å². The Labute approximate surface area is 207 Å². The second-order valence-corrected chi connectivity index (χ2v) is 8.53. The number of hydrogen-bond donors (Lipinski definition) is 0. The van der Waals surface area contributed by atoms with Crippen molar-refractivity contribution in [3.63, 3.8) is 0 Å². The number of benzene rings is 3. The standard InChI is InChI=1S/C28H25F3N2O3/c1-17-12-18(2)23(19(3)13-17)16-36-24-11-10-20(15-25(24)35-4)14-22-26(28(29,30)31)32-33(27(22)34)21-8-6-5-7-9-21/h5-15H,16H2,1-4H3/b22-14-. The number of carbonyl (C=O) groups is 1. The number of rotatable bonds is 6. The third-order valence-corrected chi connectivity index (χ3v) is 5.86. The summed E-state index contributed by atoms with van der Waals surface area (Å²) in [6.07, 6.45) is -3.64. The Morgan fingerprint density at radius 3 is 2.22 bits per heavy atom. The molecule has 186 valence electrons. The van der Waals surface area contributed by atoms with Gasteiger partial charge >= 0.3 is 6.18 Å². The number of nitrogens with zero attached hydrogens (tertiary/aromatic N) is 2. The zero-order valence-electron chi connectivity index (χ0n) is 20.3. The number of methoxy groups -OCH3 is 1. The minimum atomic E-state index is -4.80. The molecule has 3 aromatic carbocycles. The Bertz CT molecular complexity index is 1340. The van der Waals surface area contributed by atoms with Crippen LogP contribution in [0, 0.1) is 20.8 Å². The van der Waals surface area contributed by atoms with Gasteiger partial charge < -0.3 is 9.47 Å². The van der Waals surface area contributed by atoms with Crippen LogP contribution in [0.25, 0.3) is 6.08 Å². The lowest BCUT2D eigenvalue weighted by Crippen LogP contribution is -2.25. The van der Waals surface area contributed by atoms with Crippen LogP contribution < -0.4 is 14.5 Å². The van der Waals surface area contributed by atoms with Crippen molar-refractivity contribution in [3.8, 4) is 11.5 Å². The van der Waals surface area contributed by atoms with Gasteiger partial charge in [0.2, 0.25) is 0 Å². The van der Waals surface area contributed by atoms with Crippen molar-refractivity contribution in [2.45, 2.75) is 33.6 Å². The molecule has 0 saturated heterocycles. The zero-order chi connectivity index (χ0) is 26.0. The third-order valence-electron chi connectivity index (χ3n) is 5.86. The van der Waals surface area contributed by atoms with Gasteiger partial charge in [-0.3, -0.25) is 4.79 Å². The summed E-state index contributed by atoms with van der Waals surface area (Å²) in [5.41, 5.74) is 3.22. The van der Waals surface area contributed by atoms with Gasteiger partial charge in [0.1, 0.15) is 6.61 Å². The molecular formula is C28H25F3N2O3. The summed E-state index contributed by atoms with van der Waals surface area (Å²) in [5, 5.41) is 4.34. The number of hydrazone groups is 1. The van der Waals surface area contributed by atoms with E-state index in [0.717, 1.165) is 33.3 Å². The molecule has 8 heteroatoms. The summed E-state index contributed by atoms with van der Waals surface area (Å²) in [4.78, 5) is 12.9. The van der Waals surface area contributed by atoms with E-state index < -0.39 is 23.4 Å². The van der Waals surface area contributed by atoms with E-state index in [9.17, 15) is 18.0 Å². The lowest BCUT2D eigenvalue weighted by Gasteiger charge is -2.15. The molecule has 0 unspecified atom stereocenters. The average molecular weight is 495 g/mol. The number of halogens is 3. The lowest BCUT2D eigenvalue weighted by atomic mass is 10.0. The molecule has 1 amide bonds. The molecule has 0 bridgehead atoms. The van der Waals surface area contributed by atoms with Crippen LogP contribution in [0.4, 0.5) is 18.9 Å². The molecule has 0 radical (unpaired) electrons. The van der Waals surface area contributed by atoms with Crippen LogP contribution in [0.2, 0.25) is 0 Å². The fourth-order valence-electron chi connectivity index (χ4n) is 4.15. The molecule has 0 saturated carbocycles. The Hall–Kier alpha value is -4.07. The second kappa shape index (κ2) is 9.89. The van der Waals surface area contributed by atoms with E-state index in [1.165, 1.54) is 25.3 Å². The number of para-hydroxylation sites is 1. The summed E-state index contributed by atoms with van der Waals surface area (Å²) < 4.78 is 52.6. The average Bonchev–Trinajstić information content (AvgIpc) is 3.16. The van der Waals surface area contributed by atoms with E-state index in [4.69, 9.17) is 9.47 Å². The Morgan fingerprint density at radius 1 is 0.944 bits per heavy atom. The molecule has 1 aliphatic rings. The molecular weight excluding hydrogens is 469 g/mol. The first-order valence-electron chi connectivity index (χ1n) is 11.2. The van der Waals surface area contributed by atoms with Crippen LogP contribution in [0.3, 0.4) is 0 Å². The van der Waals surface area contributed by atoms with Gasteiger partial charge in [0.15, 0.2) is 17.2 Å². The van der Waals surface area contributed by atoms with Crippen LogP contribution in [-0.2, 0) is 11.4 Å². The second-order valence-electron chi connectivity index (χ2n) is 8.53. The quantitative estimate of drug-likeness (QED) is 0.365. The molecule has 0 aromatic heterocycles. The van der Waals surface area contributed by atoms with Crippen molar-refractivity contribution >= 4 is 23.4 Å². The lowest BCUT2D eigenvalue weighted by molar-refractivity contribution is -0.114. The van der Waals surface area contributed by atoms with E-state index in [1.54, 1.807) is 30.3 Å². The highest BCUT2D eigenvalue weighted by Crippen LogP contribution is 2.35. The van der Waals surface area contributed by atoms with Gasteiger partial charge in [0.25, 0.3) is 5.91 Å². The molecule has 1 aliphatic heterocycles. The van der Waals surface area contributed by atoms with Gasteiger partial charge in [-0.25, -0.2) is 0 Å². The highest BCUT2D eigenvalue weighted by Gasteiger charge is 2.46. The van der Waals surface area contributed by atoms with Crippen molar-refractivity contribution in [3.05, 3.63) is 94.1 Å². The fourth-order valence-corrected chi connectivity index (χ4v) is 4.15. The van der Waals surface area contributed by atoms with Gasteiger partial charge in [-0.05, 0) is 73.4 Å². The van der Waals surface area contributed by atoms with Crippen molar-refractivity contribution in [2.75, 3.05) is 12.1 Å². The van der Waals surface area contributed by atoms with Gasteiger partial charge in [-0.15, -0.1) is 0 Å². The van der Waals surface area contributed by atoms with E-state index in [-0.39, 0.29) is 5.69 Å². The first-order chi connectivity index (χ1) is 17.1. The van der Waals surface area contributed by atoms with Crippen LogP contribution in [0.15, 0.2) is 71.3 Å². The molecule has 0 aliphatic carbocycles. The number of anilines is 1. The SMILES string of the molecule is COc1cc(/C=C2\C(=O)N(c3ccccc3)N=C2C(F)(F)F)ccc1OCc1c(C)cc(C)cc1C. The van der Waals surface area contributed by atoms with Gasteiger partial charge in [0, 0.05) is 0 Å². The summed E-state index contributed by atoms with van der Waals surface area (Å²) in [7, 11) is 1.45. The number of amides is 1. The van der Waals surface area contributed by atoms with E-state index >= 15 is 0 Å². The molecule has 0 spiro atoms. The van der Waals surface area contributed by atoms with Crippen LogP contribution in [-0.4, -0.2) is 24.9 Å². The van der Waals surface area contributed by atoms with Gasteiger partial charge in [-0.1, -0.05) is 42.0 Å². The first-order valence-corrected chi connectivity index (χ1v) is 11.2. The minimum Gasteiger partial charge on any atom is -0.493 e. The van der Waals surface area contributed by atoms with Crippen LogP contribution >= 0.6 is 0 Å². The normalized spacial score (nSPS) is 14.9. The third kappa shape index (κ3) is 5.12. The number of aryl methyl sites for hydroxylation is 3. The number of hydrogen-bond acceptors (Lipinski definition) is 4. The number of ether oxygens (including phenoxy) is 2. The molecule has 0 atom stereocenters. The van der Waals surface area contributed by atoms with E-state index in [2.05, 4.69) is 17.2 Å². The van der Waals surface area contributed by atoms with Crippen molar-refractivity contribution < 1.29 is 27.4 Å². The monoisotopic (exact) mass is 494 g/mol. The van der Waals surface area contributed by atoms with Crippen molar-refractivity contribution in [2.24, 2.45) is 5.10 Å². The number of alkyl halides is 3. The fraction of sp³-hybridized carbons (Fsp3) is 0.214. The molecule has 4 rings (SSSR count). The largest absolute Gasteiger partial charge is 0.493 e. The van der Waals surface area contributed by atoms with Crippen molar-refractivity contribution in [1.29, 1.82) is 0 Å². The Balaban J connectivity index is 1.63. The summed E-state index contributed by atoms with van der Waals surface area (Å²) in [6.45, 7) is 6.37. The van der Waals surface area contributed by atoms with E-state index in [0.29, 0.717) is 23.7 Å². The first kappa shape index (κ1) is 25.0. The molecule has 5 nitrogen and oxygen atoms in total. The van der Waals surface area contributed by atoms with Gasteiger partial charge in [-0.2, -0.15) is 23.3 Å².